The lowest BCUT2D eigenvalue weighted by atomic mass is 9.91. The highest BCUT2D eigenvalue weighted by atomic mass is 16.6. The number of carbonyl (C=O) groups excluding carboxylic acids is 1. The van der Waals surface area contributed by atoms with Gasteiger partial charge in [0, 0.05) is 56.8 Å². The van der Waals surface area contributed by atoms with Crippen LogP contribution in [0.1, 0.15) is 44.4 Å². The highest BCUT2D eigenvalue weighted by Gasteiger charge is 2.46. The van der Waals surface area contributed by atoms with E-state index in [0.29, 0.717) is 0 Å². The van der Waals surface area contributed by atoms with Crippen molar-refractivity contribution in [3.8, 4) is 0 Å². The first-order chi connectivity index (χ1) is 11.1. The zero-order valence-corrected chi connectivity index (χ0v) is 14.5. The van der Waals surface area contributed by atoms with Crippen molar-refractivity contribution in [1.82, 2.24) is 19.6 Å². The van der Waals surface area contributed by atoms with Crippen LogP contribution in [0, 0.1) is 6.92 Å². The van der Waals surface area contributed by atoms with Crippen molar-refractivity contribution in [2.75, 3.05) is 26.2 Å². The molecule has 2 saturated heterocycles. The summed E-state index contributed by atoms with van der Waals surface area (Å²) in [5.74, 6) is 0. The fraction of sp³-hybridized carbons (Fsp3) is 0.765. The summed E-state index contributed by atoms with van der Waals surface area (Å²) in [6.07, 6.45) is 4.82. The van der Waals surface area contributed by atoms with Crippen LogP contribution in [-0.2, 0) is 17.8 Å². The van der Waals surface area contributed by atoms with E-state index < -0.39 is 0 Å². The van der Waals surface area contributed by atoms with Crippen LogP contribution in [0.3, 0.4) is 0 Å². The second kappa shape index (κ2) is 6.51. The smallest absolute Gasteiger partial charge is 0.410 e. The first kappa shape index (κ1) is 16.3. The lowest BCUT2D eigenvalue weighted by Crippen LogP contribution is -2.46. The second-order valence-electron chi connectivity index (χ2n) is 6.82. The van der Waals surface area contributed by atoms with Crippen molar-refractivity contribution in [2.45, 2.75) is 58.7 Å². The molecule has 128 valence electrons. The van der Waals surface area contributed by atoms with E-state index in [9.17, 15) is 4.79 Å². The maximum Gasteiger partial charge on any atom is 0.410 e. The predicted molar refractivity (Wildman–Crippen MR) is 88.2 cm³/mol. The number of amides is 1. The van der Waals surface area contributed by atoms with Gasteiger partial charge in [0.15, 0.2) is 0 Å². The van der Waals surface area contributed by atoms with E-state index in [1.165, 1.54) is 11.3 Å². The summed E-state index contributed by atoms with van der Waals surface area (Å²) in [5, 5.41) is 4.49. The first-order valence-corrected chi connectivity index (χ1v) is 8.78. The van der Waals surface area contributed by atoms with Crippen LogP contribution in [0.15, 0.2) is 6.20 Å². The van der Waals surface area contributed by atoms with Crippen molar-refractivity contribution in [2.24, 2.45) is 0 Å². The highest BCUT2D eigenvalue weighted by molar-refractivity contribution is 5.70. The molecule has 1 spiro atoms. The summed E-state index contributed by atoms with van der Waals surface area (Å²) in [5.41, 5.74) is 2.34. The van der Waals surface area contributed by atoms with Gasteiger partial charge in [-0.15, -0.1) is 0 Å². The summed E-state index contributed by atoms with van der Waals surface area (Å²) in [7, 11) is 0. The Labute approximate surface area is 138 Å². The van der Waals surface area contributed by atoms with Gasteiger partial charge >= 0.3 is 6.09 Å². The van der Waals surface area contributed by atoms with E-state index in [1.807, 2.05) is 18.0 Å². The van der Waals surface area contributed by atoms with E-state index in [1.54, 1.807) is 0 Å². The van der Waals surface area contributed by atoms with Crippen LogP contribution < -0.4 is 0 Å². The number of likely N-dealkylation sites (N-methyl/N-ethyl adjacent to an activating group) is 1. The number of likely N-dealkylation sites (tertiary alicyclic amines) is 1. The number of carbonyl (C=O) groups is 1. The number of rotatable bonds is 5. The Balaban J connectivity index is 1.57. The Morgan fingerprint density at radius 3 is 2.65 bits per heavy atom. The highest BCUT2D eigenvalue weighted by Crippen LogP contribution is 2.33. The molecule has 0 radical (unpaired) electrons. The maximum atomic E-state index is 11.8. The van der Waals surface area contributed by atoms with Crippen LogP contribution in [0.25, 0.3) is 0 Å². The Morgan fingerprint density at radius 2 is 2.04 bits per heavy atom. The molecule has 2 aliphatic heterocycles. The van der Waals surface area contributed by atoms with E-state index in [4.69, 9.17) is 4.74 Å². The molecule has 2 fully saturated rings. The lowest BCUT2D eigenvalue weighted by Gasteiger charge is -2.37. The molecular formula is C17H28N4O2. The summed E-state index contributed by atoms with van der Waals surface area (Å²) in [4.78, 5) is 16.1. The topological polar surface area (TPSA) is 50.6 Å². The Hall–Kier alpha value is -1.56. The van der Waals surface area contributed by atoms with Crippen LogP contribution in [-0.4, -0.2) is 57.5 Å². The van der Waals surface area contributed by atoms with Gasteiger partial charge in [-0.1, -0.05) is 6.92 Å². The average Bonchev–Trinajstić information content (AvgIpc) is 3.04. The quantitative estimate of drug-likeness (QED) is 0.836. The van der Waals surface area contributed by atoms with Gasteiger partial charge in [-0.25, -0.2) is 4.79 Å². The molecule has 0 unspecified atom stereocenters. The lowest BCUT2D eigenvalue weighted by molar-refractivity contribution is -0.00127. The van der Waals surface area contributed by atoms with Crippen LogP contribution in [0.5, 0.6) is 0 Å². The molecule has 23 heavy (non-hydrogen) atoms. The normalized spacial score (nSPS) is 21.2. The Kier molecular flexibility index (Phi) is 4.62. The third-order valence-corrected chi connectivity index (χ3v) is 5.22. The molecule has 6 nitrogen and oxygen atoms in total. The first-order valence-electron chi connectivity index (χ1n) is 8.78. The maximum absolute atomic E-state index is 11.8. The number of nitrogens with zero attached hydrogens (tertiary/aromatic N) is 4. The number of hydrogen-bond donors (Lipinski definition) is 0. The minimum Gasteiger partial charge on any atom is -0.441 e. The average molecular weight is 320 g/mol. The molecule has 2 aliphatic rings. The number of piperidine rings is 1. The fourth-order valence-electron chi connectivity index (χ4n) is 3.63. The van der Waals surface area contributed by atoms with Crippen LogP contribution >= 0.6 is 0 Å². The molecule has 1 aromatic rings. The van der Waals surface area contributed by atoms with Crippen LogP contribution in [0.4, 0.5) is 4.79 Å². The third-order valence-electron chi connectivity index (χ3n) is 5.22. The largest absolute Gasteiger partial charge is 0.441 e. The number of aryl methyl sites for hydroxylation is 1. The fourth-order valence-corrected chi connectivity index (χ4v) is 3.63. The summed E-state index contributed by atoms with van der Waals surface area (Å²) >= 11 is 0. The number of aromatic nitrogens is 2. The van der Waals surface area contributed by atoms with Gasteiger partial charge in [-0.05, 0) is 20.3 Å². The molecule has 0 bridgehead atoms. The van der Waals surface area contributed by atoms with Gasteiger partial charge in [0.05, 0.1) is 12.7 Å². The van der Waals surface area contributed by atoms with Crippen molar-refractivity contribution in [1.29, 1.82) is 0 Å². The van der Waals surface area contributed by atoms with E-state index in [2.05, 4.69) is 28.5 Å². The molecule has 3 rings (SSSR count). The van der Waals surface area contributed by atoms with Gasteiger partial charge in [0.25, 0.3) is 0 Å². The SMILES string of the molecule is CCCn1ncc(CN2CCC3(CC2)CN(CC)C(=O)O3)c1C. The monoisotopic (exact) mass is 320 g/mol. The van der Waals surface area contributed by atoms with E-state index in [0.717, 1.165) is 58.5 Å². The Morgan fingerprint density at radius 1 is 1.30 bits per heavy atom. The van der Waals surface area contributed by atoms with Crippen molar-refractivity contribution < 1.29 is 9.53 Å². The molecule has 6 heteroatoms. The van der Waals surface area contributed by atoms with E-state index >= 15 is 0 Å². The summed E-state index contributed by atoms with van der Waals surface area (Å²) in [6, 6.07) is 0. The summed E-state index contributed by atoms with van der Waals surface area (Å²) < 4.78 is 7.79. The molecule has 3 heterocycles. The van der Waals surface area contributed by atoms with Crippen LogP contribution in [0.2, 0.25) is 0 Å². The van der Waals surface area contributed by atoms with Crippen molar-refractivity contribution in [3.63, 3.8) is 0 Å². The van der Waals surface area contributed by atoms with Gasteiger partial charge in [-0.3, -0.25) is 9.58 Å². The van der Waals surface area contributed by atoms with E-state index in [-0.39, 0.29) is 11.7 Å². The Bertz CT molecular complexity index is 561. The zero-order valence-electron chi connectivity index (χ0n) is 14.5. The molecular weight excluding hydrogens is 292 g/mol. The molecule has 0 aromatic carbocycles. The molecule has 0 saturated carbocycles. The number of ether oxygens (including phenoxy) is 1. The number of hydrogen-bond acceptors (Lipinski definition) is 4. The molecule has 0 N–H and O–H groups in total. The zero-order chi connectivity index (χ0) is 16.4. The van der Waals surface area contributed by atoms with Gasteiger partial charge in [0.2, 0.25) is 0 Å². The van der Waals surface area contributed by atoms with Crippen molar-refractivity contribution in [3.05, 3.63) is 17.5 Å². The third kappa shape index (κ3) is 3.22. The molecule has 0 atom stereocenters. The molecule has 1 aromatic heterocycles. The van der Waals surface area contributed by atoms with Gasteiger partial charge in [0.1, 0.15) is 5.60 Å². The van der Waals surface area contributed by atoms with Crippen molar-refractivity contribution >= 4 is 6.09 Å². The second-order valence-corrected chi connectivity index (χ2v) is 6.82. The summed E-state index contributed by atoms with van der Waals surface area (Å²) in [6.45, 7) is 11.7. The van der Waals surface area contributed by atoms with Gasteiger partial charge < -0.3 is 9.64 Å². The molecule has 0 aliphatic carbocycles. The standard InChI is InChI=1S/C17H28N4O2/c1-4-8-21-14(3)15(11-18-21)12-19-9-6-17(7-10-19)13-20(5-2)16(22)23-17/h11H,4-10,12-13H2,1-3H3. The predicted octanol–water partition coefficient (Wildman–Crippen LogP) is 2.41. The minimum absolute atomic E-state index is 0.141. The van der Waals surface area contributed by atoms with Gasteiger partial charge in [-0.2, -0.15) is 5.10 Å². The minimum atomic E-state index is -0.245. The molecule has 1 amide bonds.